The van der Waals surface area contributed by atoms with Crippen LogP contribution in [0.15, 0.2) is 58.9 Å². The van der Waals surface area contributed by atoms with Crippen LogP contribution in [0, 0.1) is 11.3 Å². The molecule has 6 heteroatoms. The SMILES string of the molecule is CCCC[S@](=O)CSc1nc(-c2cccs2)cc(-c2ccccc2)c1C#N. The summed E-state index contributed by atoms with van der Waals surface area (Å²) in [6.45, 7) is 2.09. The predicted octanol–water partition coefficient (Wildman–Crippen LogP) is 5.95. The van der Waals surface area contributed by atoms with Crippen LogP contribution in [0.5, 0.6) is 0 Å². The van der Waals surface area contributed by atoms with Crippen molar-refractivity contribution in [3.63, 3.8) is 0 Å². The number of aromatic nitrogens is 1. The smallest absolute Gasteiger partial charge is 0.116 e. The normalized spacial score (nSPS) is 11.9. The lowest BCUT2D eigenvalue weighted by molar-refractivity contribution is 0.682. The lowest BCUT2D eigenvalue weighted by Crippen LogP contribution is -2.01. The van der Waals surface area contributed by atoms with Crippen LogP contribution in [0.1, 0.15) is 25.3 Å². The first kappa shape index (κ1) is 19.8. The molecule has 1 atom stereocenters. The summed E-state index contributed by atoms with van der Waals surface area (Å²) in [5.41, 5.74) is 3.27. The molecular weight excluding hydrogens is 392 g/mol. The topological polar surface area (TPSA) is 53.8 Å². The van der Waals surface area contributed by atoms with E-state index >= 15 is 0 Å². The molecule has 0 aliphatic carbocycles. The Labute approximate surface area is 170 Å². The molecule has 0 unspecified atom stereocenters. The second-order valence-corrected chi connectivity index (χ2v) is 9.80. The molecule has 27 heavy (non-hydrogen) atoms. The van der Waals surface area contributed by atoms with Gasteiger partial charge in [-0.25, -0.2) is 4.98 Å². The fourth-order valence-corrected chi connectivity index (χ4v) is 5.82. The standard InChI is InChI=1S/C21H20N2OS3/c1-2-3-12-27(24)15-26-21-18(14-22)17(16-8-5-4-6-9-16)13-19(23-21)20-10-7-11-25-20/h4-11,13H,2-3,12,15H2,1H3/t27-/m0/s1. The van der Waals surface area contributed by atoms with Gasteiger partial charge in [0.25, 0.3) is 0 Å². The van der Waals surface area contributed by atoms with Crippen molar-refractivity contribution in [2.45, 2.75) is 24.8 Å². The highest BCUT2D eigenvalue weighted by Gasteiger charge is 2.17. The minimum absolute atomic E-state index is 0.462. The molecule has 2 aromatic heterocycles. The summed E-state index contributed by atoms with van der Waals surface area (Å²) in [5.74, 6) is 0.696. The van der Waals surface area contributed by atoms with Crippen LogP contribution in [0.2, 0.25) is 0 Å². The van der Waals surface area contributed by atoms with Crippen molar-refractivity contribution in [1.29, 1.82) is 5.26 Å². The van der Waals surface area contributed by atoms with E-state index in [0.29, 0.717) is 21.4 Å². The molecule has 0 amide bonds. The largest absolute Gasteiger partial charge is 0.259 e. The van der Waals surface area contributed by atoms with E-state index in [-0.39, 0.29) is 0 Å². The molecule has 0 spiro atoms. The van der Waals surface area contributed by atoms with Gasteiger partial charge in [-0.3, -0.25) is 4.21 Å². The second kappa shape index (κ2) is 9.84. The average molecular weight is 413 g/mol. The fraction of sp³-hybridized carbons (Fsp3) is 0.238. The van der Waals surface area contributed by atoms with Crippen LogP contribution in [0.4, 0.5) is 0 Å². The van der Waals surface area contributed by atoms with Crippen molar-refractivity contribution >= 4 is 33.9 Å². The highest BCUT2D eigenvalue weighted by molar-refractivity contribution is 8.10. The number of hydrogen-bond acceptors (Lipinski definition) is 5. The van der Waals surface area contributed by atoms with Crippen LogP contribution < -0.4 is 0 Å². The van der Waals surface area contributed by atoms with E-state index in [4.69, 9.17) is 4.98 Å². The average Bonchev–Trinajstić information content (AvgIpc) is 3.25. The maximum atomic E-state index is 12.2. The maximum absolute atomic E-state index is 12.2. The molecule has 0 aliphatic heterocycles. The number of thioether (sulfide) groups is 1. The van der Waals surface area contributed by atoms with Crippen molar-refractivity contribution in [3.8, 4) is 27.8 Å². The number of thiophene rings is 1. The Balaban J connectivity index is 2.01. The number of rotatable bonds is 8. The molecule has 0 N–H and O–H groups in total. The zero-order chi connectivity index (χ0) is 19.1. The molecule has 3 nitrogen and oxygen atoms in total. The van der Waals surface area contributed by atoms with Crippen molar-refractivity contribution < 1.29 is 4.21 Å². The molecule has 3 aromatic rings. The van der Waals surface area contributed by atoms with E-state index in [1.807, 2.05) is 53.9 Å². The molecule has 0 saturated heterocycles. The van der Waals surface area contributed by atoms with Crippen molar-refractivity contribution in [2.24, 2.45) is 0 Å². The van der Waals surface area contributed by atoms with Gasteiger partial charge in [0.05, 0.1) is 21.2 Å². The van der Waals surface area contributed by atoms with Gasteiger partial charge in [-0.05, 0) is 29.5 Å². The summed E-state index contributed by atoms with van der Waals surface area (Å²) in [6.07, 6.45) is 1.99. The maximum Gasteiger partial charge on any atom is 0.116 e. The molecule has 0 aliphatic rings. The number of benzene rings is 1. The Morgan fingerprint density at radius 3 is 2.70 bits per heavy atom. The van der Waals surface area contributed by atoms with Crippen molar-refractivity contribution in [1.82, 2.24) is 4.98 Å². The minimum Gasteiger partial charge on any atom is -0.259 e. The zero-order valence-electron chi connectivity index (χ0n) is 15.1. The van der Waals surface area contributed by atoms with Gasteiger partial charge in [0, 0.05) is 22.1 Å². The molecule has 2 heterocycles. The summed E-state index contributed by atoms with van der Waals surface area (Å²) >= 11 is 3.04. The number of pyridine rings is 1. The summed E-state index contributed by atoms with van der Waals surface area (Å²) < 4.78 is 12.2. The predicted molar refractivity (Wildman–Crippen MR) is 116 cm³/mol. The van der Waals surface area contributed by atoms with Gasteiger partial charge in [-0.15, -0.1) is 11.3 Å². The van der Waals surface area contributed by atoms with Gasteiger partial charge >= 0.3 is 0 Å². The molecule has 0 bridgehead atoms. The Hall–Kier alpha value is -1.94. The van der Waals surface area contributed by atoms with E-state index in [1.54, 1.807) is 11.3 Å². The number of hydrogen-bond donors (Lipinski definition) is 0. The lowest BCUT2D eigenvalue weighted by Gasteiger charge is -2.11. The van der Waals surface area contributed by atoms with Gasteiger partial charge in [0.1, 0.15) is 11.1 Å². The Bertz CT molecular complexity index is 948. The molecule has 3 rings (SSSR count). The number of nitrogens with zero attached hydrogens (tertiary/aromatic N) is 2. The zero-order valence-corrected chi connectivity index (χ0v) is 17.5. The molecule has 0 radical (unpaired) electrons. The first-order valence-electron chi connectivity index (χ1n) is 8.75. The van der Waals surface area contributed by atoms with Gasteiger partial charge < -0.3 is 0 Å². The van der Waals surface area contributed by atoms with Crippen LogP contribution in [0.25, 0.3) is 21.7 Å². The summed E-state index contributed by atoms with van der Waals surface area (Å²) in [7, 11) is -0.909. The van der Waals surface area contributed by atoms with Crippen molar-refractivity contribution in [3.05, 3.63) is 59.5 Å². The molecule has 0 saturated carbocycles. The summed E-state index contributed by atoms with van der Waals surface area (Å²) in [6, 6.07) is 18.2. The highest BCUT2D eigenvalue weighted by atomic mass is 32.2. The monoisotopic (exact) mass is 412 g/mol. The molecule has 1 aromatic carbocycles. The second-order valence-electron chi connectivity index (χ2n) is 5.95. The Morgan fingerprint density at radius 2 is 2.04 bits per heavy atom. The highest BCUT2D eigenvalue weighted by Crippen LogP contribution is 2.35. The molecular formula is C21H20N2OS3. The lowest BCUT2D eigenvalue weighted by atomic mass is 10.0. The van der Waals surface area contributed by atoms with Crippen LogP contribution in [0.3, 0.4) is 0 Å². The van der Waals surface area contributed by atoms with Crippen molar-refractivity contribution in [2.75, 3.05) is 10.8 Å². The van der Waals surface area contributed by atoms with Crippen LogP contribution in [-0.4, -0.2) is 20.0 Å². The van der Waals surface area contributed by atoms with E-state index in [0.717, 1.165) is 34.5 Å². The first-order valence-corrected chi connectivity index (χ1v) is 12.1. The third kappa shape index (κ3) is 5.07. The Morgan fingerprint density at radius 1 is 1.22 bits per heavy atom. The van der Waals surface area contributed by atoms with Gasteiger partial charge in [0.15, 0.2) is 0 Å². The fourth-order valence-electron chi connectivity index (χ4n) is 2.62. The minimum atomic E-state index is -0.909. The molecule has 0 fully saturated rings. The van der Waals surface area contributed by atoms with Gasteiger partial charge in [-0.2, -0.15) is 5.26 Å². The van der Waals surface area contributed by atoms with E-state index in [1.165, 1.54) is 11.8 Å². The van der Waals surface area contributed by atoms with Crippen LogP contribution >= 0.6 is 23.1 Å². The molecule has 138 valence electrons. The van der Waals surface area contributed by atoms with E-state index < -0.39 is 10.8 Å². The third-order valence-electron chi connectivity index (χ3n) is 4.01. The van der Waals surface area contributed by atoms with Gasteiger partial charge in [-0.1, -0.05) is 61.5 Å². The van der Waals surface area contributed by atoms with E-state index in [2.05, 4.69) is 13.0 Å². The van der Waals surface area contributed by atoms with Crippen LogP contribution in [-0.2, 0) is 10.8 Å². The third-order valence-corrected chi connectivity index (χ3v) is 7.74. The Kier molecular flexibility index (Phi) is 7.22. The van der Waals surface area contributed by atoms with Gasteiger partial charge in [0.2, 0.25) is 0 Å². The van der Waals surface area contributed by atoms with E-state index in [9.17, 15) is 9.47 Å². The first-order chi connectivity index (χ1) is 13.2. The quantitative estimate of drug-likeness (QED) is 0.429. The summed E-state index contributed by atoms with van der Waals surface area (Å²) in [4.78, 5) is 5.80. The number of nitriles is 1. The summed E-state index contributed by atoms with van der Waals surface area (Å²) in [5, 5.41) is 13.0. The number of unbranched alkanes of at least 4 members (excludes halogenated alkanes) is 1.